The number of hydrogen-bond acceptors (Lipinski definition) is 4. The lowest BCUT2D eigenvalue weighted by atomic mass is 9.63. The fourth-order valence-electron chi connectivity index (χ4n) is 6.60. The van der Waals surface area contributed by atoms with Crippen molar-refractivity contribution in [2.75, 3.05) is 20.3 Å². The molecule has 0 saturated carbocycles. The molecule has 0 bridgehead atoms. The van der Waals surface area contributed by atoms with Crippen LogP contribution in [0.1, 0.15) is 71.3 Å². The van der Waals surface area contributed by atoms with Crippen LogP contribution in [0.25, 0.3) is 10.9 Å². The van der Waals surface area contributed by atoms with Crippen molar-refractivity contribution >= 4 is 22.5 Å². The van der Waals surface area contributed by atoms with Gasteiger partial charge in [-0.1, -0.05) is 45.9 Å². The second-order valence-electron chi connectivity index (χ2n) is 12.2. The molecule has 0 atom stereocenters. The van der Waals surface area contributed by atoms with Gasteiger partial charge in [0.2, 0.25) is 0 Å². The van der Waals surface area contributed by atoms with Gasteiger partial charge in [0, 0.05) is 85.7 Å². The van der Waals surface area contributed by atoms with E-state index in [2.05, 4.69) is 55.5 Å². The Balaban J connectivity index is 1.79. The Morgan fingerprint density at radius 2 is 1.49 bits per heavy atom. The average Bonchev–Trinajstić information content (AvgIpc) is 3.09. The van der Waals surface area contributed by atoms with E-state index in [4.69, 9.17) is 4.74 Å². The number of ketones is 2. The summed E-state index contributed by atoms with van der Waals surface area (Å²) in [5.74, 6) is 0.0854. The van der Waals surface area contributed by atoms with Crippen molar-refractivity contribution in [3.63, 3.8) is 0 Å². The quantitative estimate of drug-likeness (QED) is 0.506. The molecule has 35 heavy (non-hydrogen) atoms. The maximum atomic E-state index is 13.9. The zero-order valence-electron chi connectivity index (χ0n) is 22.0. The van der Waals surface area contributed by atoms with E-state index in [0.717, 1.165) is 64.8 Å². The Bertz CT molecular complexity index is 1220. The highest BCUT2D eigenvalue weighted by atomic mass is 16.5. The summed E-state index contributed by atoms with van der Waals surface area (Å²) in [6, 6.07) is 8.34. The van der Waals surface area contributed by atoms with Crippen LogP contribution in [0, 0.1) is 10.8 Å². The van der Waals surface area contributed by atoms with Crippen LogP contribution in [0.2, 0.25) is 0 Å². The number of hydrogen-bond donors (Lipinski definition) is 0. The van der Waals surface area contributed by atoms with Crippen molar-refractivity contribution in [2.24, 2.45) is 17.9 Å². The lowest BCUT2D eigenvalue weighted by molar-refractivity contribution is -0.119. The Morgan fingerprint density at radius 1 is 0.914 bits per heavy atom. The van der Waals surface area contributed by atoms with Crippen molar-refractivity contribution in [1.82, 2.24) is 9.47 Å². The van der Waals surface area contributed by atoms with Crippen LogP contribution in [0.3, 0.4) is 0 Å². The Labute approximate surface area is 208 Å². The molecule has 1 aliphatic heterocycles. The number of carbonyl (C=O) groups excluding carboxylic acids is 2. The van der Waals surface area contributed by atoms with Gasteiger partial charge in [-0.05, 0) is 41.7 Å². The number of ether oxygens (including phenoxy) is 1. The van der Waals surface area contributed by atoms with Crippen LogP contribution in [0.5, 0.6) is 0 Å². The molecule has 5 heteroatoms. The first-order chi connectivity index (χ1) is 16.5. The molecule has 0 saturated heterocycles. The minimum atomic E-state index is -0.294. The van der Waals surface area contributed by atoms with Gasteiger partial charge in [0.1, 0.15) is 0 Å². The van der Waals surface area contributed by atoms with E-state index in [9.17, 15) is 9.59 Å². The van der Waals surface area contributed by atoms with Crippen molar-refractivity contribution in [1.29, 1.82) is 0 Å². The van der Waals surface area contributed by atoms with E-state index in [-0.39, 0.29) is 28.3 Å². The number of rotatable bonds is 5. The van der Waals surface area contributed by atoms with Gasteiger partial charge >= 0.3 is 0 Å². The minimum Gasteiger partial charge on any atom is -0.385 e. The normalized spacial score (nSPS) is 22.2. The molecule has 1 aromatic carbocycles. The van der Waals surface area contributed by atoms with Crippen LogP contribution in [0.4, 0.5) is 0 Å². The van der Waals surface area contributed by atoms with E-state index in [1.807, 2.05) is 19.2 Å². The maximum absolute atomic E-state index is 13.9. The highest BCUT2D eigenvalue weighted by Crippen LogP contribution is 2.55. The Kier molecular flexibility index (Phi) is 5.83. The molecule has 0 amide bonds. The first kappa shape index (κ1) is 24.1. The molecule has 0 spiro atoms. The summed E-state index contributed by atoms with van der Waals surface area (Å²) in [6.07, 6.45) is 5.71. The molecule has 5 nitrogen and oxygen atoms in total. The highest BCUT2D eigenvalue weighted by Gasteiger charge is 2.49. The van der Waals surface area contributed by atoms with Gasteiger partial charge in [-0.15, -0.1) is 0 Å². The molecule has 2 aliphatic carbocycles. The smallest absolute Gasteiger partial charge is 0.162 e. The van der Waals surface area contributed by atoms with Crippen molar-refractivity contribution < 1.29 is 14.3 Å². The number of fused-ring (bicyclic) bond motifs is 1. The number of Topliss-reactive ketones (excluding diaryl/α,β-unsaturated/α-hetero) is 2. The van der Waals surface area contributed by atoms with Crippen LogP contribution >= 0.6 is 0 Å². The fourth-order valence-corrected chi connectivity index (χ4v) is 6.60. The van der Waals surface area contributed by atoms with Gasteiger partial charge in [0.25, 0.3) is 0 Å². The molecule has 0 radical (unpaired) electrons. The first-order valence-corrected chi connectivity index (χ1v) is 12.9. The third-order valence-corrected chi connectivity index (χ3v) is 7.99. The highest BCUT2D eigenvalue weighted by molar-refractivity contribution is 6.08. The molecule has 2 aromatic rings. The third kappa shape index (κ3) is 4.08. The van der Waals surface area contributed by atoms with E-state index in [1.165, 1.54) is 0 Å². The van der Waals surface area contributed by atoms with Gasteiger partial charge in [-0.3, -0.25) is 9.59 Å². The summed E-state index contributed by atoms with van der Waals surface area (Å²) < 4.78 is 7.50. The fraction of sp³-hybridized carbons (Fsp3) is 0.533. The Morgan fingerprint density at radius 3 is 2.06 bits per heavy atom. The molecule has 0 fully saturated rings. The van der Waals surface area contributed by atoms with Gasteiger partial charge in [0.05, 0.1) is 0 Å². The number of aromatic nitrogens is 1. The minimum absolute atomic E-state index is 0.106. The molecule has 0 unspecified atom stereocenters. The summed E-state index contributed by atoms with van der Waals surface area (Å²) in [4.78, 5) is 30.2. The summed E-state index contributed by atoms with van der Waals surface area (Å²) in [7, 11) is 3.77. The first-order valence-electron chi connectivity index (χ1n) is 12.9. The number of carbonyl (C=O) groups is 2. The molecule has 2 heterocycles. The van der Waals surface area contributed by atoms with E-state index >= 15 is 0 Å². The van der Waals surface area contributed by atoms with E-state index < -0.39 is 0 Å². The second-order valence-corrected chi connectivity index (χ2v) is 12.2. The van der Waals surface area contributed by atoms with Crippen LogP contribution in [-0.2, 0) is 21.4 Å². The third-order valence-electron chi connectivity index (χ3n) is 7.99. The van der Waals surface area contributed by atoms with Crippen molar-refractivity contribution in [3.8, 4) is 0 Å². The number of nitrogens with zero attached hydrogens (tertiary/aromatic N) is 2. The molecule has 0 N–H and O–H groups in total. The van der Waals surface area contributed by atoms with Gasteiger partial charge in [-0.2, -0.15) is 0 Å². The molecule has 1 aromatic heterocycles. The number of para-hydroxylation sites is 1. The monoisotopic (exact) mass is 474 g/mol. The topological polar surface area (TPSA) is 51.5 Å². The number of allylic oxidation sites excluding steroid dienone is 4. The number of aryl methyl sites for hydroxylation is 1. The summed E-state index contributed by atoms with van der Waals surface area (Å²) in [6.45, 7) is 10.2. The van der Waals surface area contributed by atoms with Gasteiger partial charge in [0.15, 0.2) is 11.6 Å². The van der Waals surface area contributed by atoms with Crippen molar-refractivity contribution in [3.05, 3.63) is 58.6 Å². The lowest BCUT2D eigenvalue weighted by Crippen LogP contribution is -2.44. The van der Waals surface area contributed by atoms with Gasteiger partial charge < -0.3 is 14.2 Å². The standard InChI is InChI=1S/C30H38N2O3/c1-29(2)14-22-27(24(33)16-29)26(20-18-31(5)21-11-8-7-10-19(20)21)28-23(32(22)12-9-13-35-6)15-30(3,4)17-25(28)34/h7-8,10-11,18,26H,9,12-17H2,1-6H3. The summed E-state index contributed by atoms with van der Waals surface area (Å²) >= 11 is 0. The zero-order chi connectivity index (χ0) is 25.1. The lowest BCUT2D eigenvalue weighted by Gasteiger charge is -2.49. The van der Waals surface area contributed by atoms with Crippen LogP contribution in [0.15, 0.2) is 53.0 Å². The number of benzene rings is 1. The van der Waals surface area contributed by atoms with E-state index in [0.29, 0.717) is 19.4 Å². The number of methoxy groups -OCH3 is 1. The SMILES string of the molecule is COCCCN1C2=C(C(=O)CC(C)(C)C2)C(c2cn(C)c3ccccc23)C2=C1CC(C)(C)CC2=O. The molecule has 3 aliphatic rings. The predicted molar refractivity (Wildman–Crippen MR) is 139 cm³/mol. The van der Waals surface area contributed by atoms with E-state index in [1.54, 1.807) is 7.11 Å². The summed E-state index contributed by atoms with van der Waals surface area (Å²) in [5, 5.41) is 1.13. The maximum Gasteiger partial charge on any atom is 0.162 e. The largest absolute Gasteiger partial charge is 0.385 e. The zero-order valence-corrected chi connectivity index (χ0v) is 22.0. The molecule has 186 valence electrons. The van der Waals surface area contributed by atoms with Crippen LogP contribution < -0.4 is 0 Å². The molecule has 5 rings (SSSR count). The van der Waals surface area contributed by atoms with Gasteiger partial charge in [-0.25, -0.2) is 0 Å². The second kappa shape index (κ2) is 8.48. The Hall–Kier alpha value is -2.66. The predicted octanol–water partition coefficient (Wildman–Crippen LogP) is 5.90. The average molecular weight is 475 g/mol. The van der Waals surface area contributed by atoms with Crippen LogP contribution in [-0.4, -0.2) is 41.3 Å². The molecular weight excluding hydrogens is 436 g/mol. The summed E-state index contributed by atoms with van der Waals surface area (Å²) in [5.41, 5.74) is 5.96. The molecular formula is C30H38N2O3. The van der Waals surface area contributed by atoms with Crippen molar-refractivity contribution in [2.45, 2.75) is 65.7 Å².